The van der Waals surface area contributed by atoms with Gasteiger partial charge in [-0.25, -0.2) is 4.39 Å². The van der Waals surface area contributed by atoms with E-state index < -0.39 is 0 Å². The molecular weight excluding hydrogens is 295 g/mol. The van der Waals surface area contributed by atoms with E-state index in [2.05, 4.69) is 40.2 Å². The van der Waals surface area contributed by atoms with Gasteiger partial charge in [-0.2, -0.15) is 0 Å². The Morgan fingerprint density at radius 2 is 2.06 bits per heavy atom. The van der Waals surface area contributed by atoms with Gasteiger partial charge in [0.1, 0.15) is 5.82 Å². The highest BCUT2D eigenvalue weighted by Gasteiger charge is 2.10. The first kappa shape index (κ1) is 15.6. The molecule has 0 aromatic heterocycles. The Bertz CT molecular complexity index is 369. The van der Waals surface area contributed by atoms with Crippen molar-refractivity contribution in [1.82, 2.24) is 10.2 Å². The van der Waals surface area contributed by atoms with Crippen LogP contribution in [-0.2, 0) is 0 Å². The first-order valence-electron chi connectivity index (χ1n) is 6.33. The quantitative estimate of drug-likeness (QED) is 0.773. The Morgan fingerprint density at radius 1 is 1.33 bits per heavy atom. The molecule has 0 spiro atoms. The number of benzene rings is 1. The van der Waals surface area contributed by atoms with Crippen LogP contribution in [0.4, 0.5) is 4.39 Å². The molecule has 2 nitrogen and oxygen atoms in total. The van der Waals surface area contributed by atoms with Gasteiger partial charge in [0.15, 0.2) is 0 Å². The average Bonchev–Trinajstić information content (AvgIpc) is 2.31. The Kier molecular flexibility index (Phi) is 6.82. The lowest BCUT2D eigenvalue weighted by atomic mass is 10.1. The number of unbranched alkanes of at least 4 members (excludes halogenated alkanes) is 1. The topological polar surface area (TPSA) is 15.3 Å². The number of nitrogens with zero attached hydrogens (tertiary/aromatic N) is 1. The molecule has 0 aliphatic rings. The van der Waals surface area contributed by atoms with E-state index >= 15 is 0 Å². The summed E-state index contributed by atoms with van der Waals surface area (Å²) in [4.78, 5) is 2.18. The molecule has 0 radical (unpaired) electrons. The summed E-state index contributed by atoms with van der Waals surface area (Å²) in [7, 11) is 4.15. The van der Waals surface area contributed by atoms with Crippen LogP contribution in [0.2, 0.25) is 0 Å². The second kappa shape index (κ2) is 7.87. The van der Waals surface area contributed by atoms with Crippen LogP contribution in [0.25, 0.3) is 0 Å². The van der Waals surface area contributed by atoms with Crippen molar-refractivity contribution in [3.05, 3.63) is 34.1 Å². The van der Waals surface area contributed by atoms with E-state index in [0.717, 1.165) is 36.0 Å². The van der Waals surface area contributed by atoms with Crippen LogP contribution in [0, 0.1) is 5.82 Å². The zero-order valence-electron chi connectivity index (χ0n) is 11.3. The maximum Gasteiger partial charge on any atom is 0.128 e. The molecule has 102 valence electrons. The predicted octanol–water partition coefficient (Wildman–Crippen LogP) is 3.58. The monoisotopic (exact) mass is 316 g/mol. The van der Waals surface area contributed by atoms with Gasteiger partial charge < -0.3 is 10.2 Å². The van der Waals surface area contributed by atoms with Gasteiger partial charge in [-0.05, 0) is 65.1 Å². The Hall–Kier alpha value is -0.450. The molecule has 1 N–H and O–H groups in total. The summed E-state index contributed by atoms with van der Waals surface area (Å²) in [6.07, 6.45) is 2.27. The Morgan fingerprint density at radius 3 is 2.72 bits per heavy atom. The smallest absolute Gasteiger partial charge is 0.128 e. The van der Waals surface area contributed by atoms with Gasteiger partial charge in [0.25, 0.3) is 0 Å². The van der Waals surface area contributed by atoms with Gasteiger partial charge in [0, 0.05) is 16.1 Å². The summed E-state index contributed by atoms with van der Waals surface area (Å²) in [6, 6.07) is 5.11. The zero-order chi connectivity index (χ0) is 13.5. The molecule has 0 fully saturated rings. The lowest BCUT2D eigenvalue weighted by Crippen LogP contribution is -2.22. The van der Waals surface area contributed by atoms with Crippen LogP contribution in [0.5, 0.6) is 0 Å². The van der Waals surface area contributed by atoms with Gasteiger partial charge in [0.2, 0.25) is 0 Å². The molecule has 0 aliphatic carbocycles. The Labute approximate surface area is 118 Å². The maximum atomic E-state index is 13.6. The Balaban J connectivity index is 2.36. The van der Waals surface area contributed by atoms with Gasteiger partial charge in [-0.3, -0.25) is 0 Å². The highest BCUT2D eigenvalue weighted by Crippen LogP contribution is 2.21. The average molecular weight is 317 g/mol. The number of nitrogens with one attached hydrogen (secondary N) is 1. The van der Waals surface area contributed by atoms with Crippen LogP contribution in [0.15, 0.2) is 22.7 Å². The minimum absolute atomic E-state index is 0.0434. The molecule has 1 rings (SSSR count). The third kappa shape index (κ3) is 5.46. The number of rotatable bonds is 7. The van der Waals surface area contributed by atoms with Gasteiger partial charge in [-0.1, -0.05) is 15.9 Å². The molecule has 1 aromatic carbocycles. The fourth-order valence-electron chi connectivity index (χ4n) is 1.83. The largest absolute Gasteiger partial charge is 0.310 e. The number of halogens is 2. The third-order valence-corrected chi connectivity index (χ3v) is 3.40. The molecule has 0 amide bonds. The van der Waals surface area contributed by atoms with Crippen LogP contribution in [-0.4, -0.2) is 32.1 Å². The van der Waals surface area contributed by atoms with Crippen molar-refractivity contribution in [2.75, 3.05) is 27.2 Å². The minimum Gasteiger partial charge on any atom is -0.310 e. The van der Waals surface area contributed by atoms with E-state index in [1.54, 1.807) is 6.07 Å². The summed E-state index contributed by atoms with van der Waals surface area (Å²) in [5.41, 5.74) is 0.719. The van der Waals surface area contributed by atoms with Crippen molar-refractivity contribution in [3.63, 3.8) is 0 Å². The van der Waals surface area contributed by atoms with E-state index in [1.807, 2.05) is 13.0 Å². The molecule has 0 aliphatic heterocycles. The summed E-state index contributed by atoms with van der Waals surface area (Å²) in [5, 5.41) is 3.36. The predicted molar refractivity (Wildman–Crippen MR) is 78.3 cm³/mol. The molecule has 0 heterocycles. The van der Waals surface area contributed by atoms with Crippen molar-refractivity contribution in [3.8, 4) is 0 Å². The van der Waals surface area contributed by atoms with Gasteiger partial charge in [0.05, 0.1) is 0 Å². The summed E-state index contributed by atoms with van der Waals surface area (Å²) in [6.45, 7) is 4.01. The van der Waals surface area contributed by atoms with E-state index in [9.17, 15) is 4.39 Å². The second-order valence-corrected chi connectivity index (χ2v) is 5.77. The maximum absolute atomic E-state index is 13.6. The second-order valence-electron chi connectivity index (χ2n) is 4.85. The van der Waals surface area contributed by atoms with Crippen LogP contribution < -0.4 is 5.32 Å². The zero-order valence-corrected chi connectivity index (χ0v) is 12.9. The molecule has 0 saturated carbocycles. The van der Waals surface area contributed by atoms with Crippen molar-refractivity contribution in [2.45, 2.75) is 25.8 Å². The first-order chi connectivity index (χ1) is 8.50. The van der Waals surface area contributed by atoms with Gasteiger partial charge in [-0.15, -0.1) is 0 Å². The molecular formula is C14H22BrFN2. The fraction of sp³-hybridized carbons (Fsp3) is 0.571. The van der Waals surface area contributed by atoms with Crippen LogP contribution in [0.3, 0.4) is 0 Å². The minimum atomic E-state index is -0.147. The SMILES string of the molecule is CC(NCCCCN(C)C)c1cc(Br)ccc1F. The lowest BCUT2D eigenvalue weighted by Gasteiger charge is -2.16. The fourth-order valence-corrected chi connectivity index (χ4v) is 2.21. The molecule has 18 heavy (non-hydrogen) atoms. The van der Waals surface area contributed by atoms with Gasteiger partial charge >= 0.3 is 0 Å². The first-order valence-corrected chi connectivity index (χ1v) is 7.13. The standard InChI is InChI=1S/C14H22BrFN2/c1-11(17-8-4-5-9-18(2)3)13-10-12(15)6-7-14(13)16/h6-7,10-11,17H,4-5,8-9H2,1-3H3. The van der Waals surface area contributed by atoms with Crippen LogP contribution in [0.1, 0.15) is 31.4 Å². The molecule has 1 atom stereocenters. The third-order valence-electron chi connectivity index (χ3n) is 2.91. The van der Waals surface area contributed by atoms with Crippen molar-refractivity contribution in [2.24, 2.45) is 0 Å². The lowest BCUT2D eigenvalue weighted by molar-refractivity contribution is 0.388. The highest BCUT2D eigenvalue weighted by atomic mass is 79.9. The highest BCUT2D eigenvalue weighted by molar-refractivity contribution is 9.10. The van der Waals surface area contributed by atoms with Crippen molar-refractivity contribution in [1.29, 1.82) is 0 Å². The molecule has 0 bridgehead atoms. The normalized spacial score (nSPS) is 13.0. The van der Waals surface area contributed by atoms with E-state index in [1.165, 1.54) is 6.07 Å². The summed E-state index contributed by atoms with van der Waals surface area (Å²) >= 11 is 3.37. The van der Waals surface area contributed by atoms with E-state index in [4.69, 9.17) is 0 Å². The van der Waals surface area contributed by atoms with E-state index in [-0.39, 0.29) is 11.9 Å². The molecule has 1 aromatic rings. The van der Waals surface area contributed by atoms with Crippen molar-refractivity contribution >= 4 is 15.9 Å². The molecule has 0 saturated heterocycles. The summed E-state index contributed by atoms with van der Waals surface area (Å²) < 4.78 is 14.6. The number of hydrogen-bond acceptors (Lipinski definition) is 2. The number of hydrogen-bond donors (Lipinski definition) is 1. The summed E-state index contributed by atoms with van der Waals surface area (Å²) in [5.74, 6) is -0.147. The van der Waals surface area contributed by atoms with E-state index in [0.29, 0.717) is 0 Å². The van der Waals surface area contributed by atoms with Crippen LogP contribution >= 0.6 is 15.9 Å². The molecule has 1 unspecified atom stereocenters. The molecule has 4 heteroatoms. The van der Waals surface area contributed by atoms with Crippen molar-refractivity contribution < 1.29 is 4.39 Å².